The maximum Gasteiger partial charge on any atom is 0.188 e. The number of hydrogen-bond acceptors (Lipinski definition) is 2. The number of rotatable bonds is 4. The third-order valence-corrected chi connectivity index (χ3v) is 2.95. The van der Waals surface area contributed by atoms with Crippen LogP contribution in [-0.4, -0.2) is 43.6 Å². The van der Waals surface area contributed by atoms with E-state index in [1.165, 1.54) is 25.8 Å². The molecule has 0 aromatic rings. The van der Waals surface area contributed by atoms with E-state index in [2.05, 4.69) is 29.2 Å². The molecule has 0 radical (unpaired) electrons. The molecule has 0 amide bonds. The molecule has 4 heteroatoms. The molecule has 0 spiro atoms. The zero-order valence-corrected chi connectivity index (χ0v) is 10.00. The van der Waals surface area contributed by atoms with Crippen LogP contribution in [0.2, 0.25) is 0 Å². The molecule has 15 heavy (non-hydrogen) atoms. The lowest BCUT2D eigenvalue weighted by Crippen LogP contribution is -2.40. The Bertz CT molecular complexity index is 203. The van der Waals surface area contributed by atoms with Gasteiger partial charge in [0.25, 0.3) is 0 Å². The Morgan fingerprint density at radius 2 is 2.33 bits per heavy atom. The lowest BCUT2D eigenvalue weighted by molar-refractivity contribution is 0.191. The van der Waals surface area contributed by atoms with Crippen molar-refractivity contribution in [2.75, 3.05) is 26.7 Å². The van der Waals surface area contributed by atoms with E-state index in [4.69, 9.17) is 5.73 Å². The summed E-state index contributed by atoms with van der Waals surface area (Å²) in [5.41, 5.74) is 5.74. The summed E-state index contributed by atoms with van der Waals surface area (Å²) in [6.45, 7) is 5.06. The number of likely N-dealkylation sites (tertiary alicyclic amines) is 1. The van der Waals surface area contributed by atoms with Crippen molar-refractivity contribution in [2.24, 2.45) is 10.7 Å². The van der Waals surface area contributed by atoms with E-state index in [1.807, 2.05) is 0 Å². The van der Waals surface area contributed by atoms with Gasteiger partial charge in [-0.15, -0.1) is 0 Å². The van der Waals surface area contributed by atoms with E-state index in [0.717, 1.165) is 19.5 Å². The van der Waals surface area contributed by atoms with Crippen molar-refractivity contribution in [1.29, 1.82) is 0 Å². The first-order valence-electron chi connectivity index (χ1n) is 5.98. The lowest BCUT2D eigenvalue weighted by Gasteiger charge is -2.31. The van der Waals surface area contributed by atoms with Gasteiger partial charge in [-0.1, -0.05) is 13.3 Å². The fourth-order valence-electron chi connectivity index (χ4n) is 1.89. The predicted molar refractivity (Wildman–Crippen MR) is 65.1 cm³/mol. The number of nitrogens with two attached hydrogens (primary N) is 1. The molecular weight excluding hydrogens is 188 g/mol. The van der Waals surface area contributed by atoms with Crippen molar-refractivity contribution in [3.05, 3.63) is 0 Å². The normalized spacial score (nSPS) is 24.1. The lowest BCUT2D eigenvalue weighted by atomic mass is 10.0. The topological polar surface area (TPSA) is 53.6 Å². The number of hydrogen-bond donors (Lipinski definition) is 2. The number of guanidine groups is 1. The van der Waals surface area contributed by atoms with E-state index in [9.17, 15) is 0 Å². The smallest absolute Gasteiger partial charge is 0.188 e. The highest BCUT2D eigenvalue weighted by atomic mass is 15.2. The van der Waals surface area contributed by atoms with Crippen LogP contribution in [0, 0.1) is 0 Å². The van der Waals surface area contributed by atoms with E-state index < -0.39 is 0 Å². The Kier molecular flexibility index (Phi) is 5.47. The summed E-state index contributed by atoms with van der Waals surface area (Å²) in [5, 5.41) is 3.10. The maximum atomic E-state index is 5.74. The molecule has 1 aliphatic heterocycles. The summed E-state index contributed by atoms with van der Waals surface area (Å²) < 4.78 is 0. The fourth-order valence-corrected chi connectivity index (χ4v) is 1.89. The monoisotopic (exact) mass is 212 g/mol. The molecule has 0 aromatic carbocycles. The minimum Gasteiger partial charge on any atom is -0.370 e. The van der Waals surface area contributed by atoms with Crippen LogP contribution in [0.25, 0.3) is 0 Å². The average molecular weight is 212 g/mol. The molecule has 1 saturated heterocycles. The summed E-state index contributed by atoms with van der Waals surface area (Å²) in [6, 6.07) is 0.584. The Labute approximate surface area is 92.9 Å². The molecule has 0 aromatic heterocycles. The van der Waals surface area contributed by atoms with Gasteiger partial charge in [0.15, 0.2) is 5.96 Å². The Morgan fingerprint density at radius 3 is 3.00 bits per heavy atom. The molecule has 1 unspecified atom stereocenters. The molecule has 0 aliphatic carbocycles. The van der Waals surface area contributed by atoms with Gasteiger partial charge in [-0.05, 0) is 32.9 Å². The van der Waals surface area contributed by atoms with Gasteiger partial charge < -0.3 is 16.0 Å². The molecule has 1 aliphatic rings. The summed E-state index contributed by atoms with van der Waals surface area (Å²) in [6.07, 6.45) is 4.98. The molecule has 1 rings (SSSR count). The van der Waals surface area contributed by atoms with Crippen molar-refractivity contribution < 1.29 is 0 Å². The van der Waals surface area contributed by atoms with Gasteiger partial charge in [-0.25, -0.2) is 0 Å². The first-order valence-corrected chi connectivity index (χ1v) is 5.98. The zero-order chi connectivity index (χ0) is 11.1. The number of nitrogens with zero attached hydrogens (tertiary/aromatic N) is 2. The second-order valence-corrected chi connectivity index (χ2v) is 4.28. The number of aliphatic imine (C=N–C) groups is 1. The summed E-state index contributed by atoms with van der Waals surface area (Å²) >= 11 is 0. The molecule has 3 N–H and O–H groups in total. The first-order chi connectivity index (χ1) is 7.24. The van der Waals surface area contributed by atoms with Crippen molar-refractivity contribution in [2.45, 2.75) is 38.6 Å². The van der Waals surface area contributed by atoms with Crippen LogP contribution in [0.4, 0.5) is 0 Å². The van der Waals surface area contributed by atoms with Crippen molar-refractivity contribution in [3.8, 4) is 0 Å². The van der Waals surface area contributed by atoms with Gasteiger partial charge in [-0.3, -0.25) is 4.99 Å². The molecule has 1 atom stereocenters. The van der Waals surface area contributed by atoms with Crippen molar-refractivity contribution in [1.82, 2.24) is 10.2 Å². The van der Waals surface area contributed by atoms with Gasteiger partial charge >= 0.3 is 0 Å². The second-order valence-electron chi connectivity index (χ2n) is 4.28. The van der Waals surface area contributed by atoms with E-state index in [0.29, 0.717) is 12.0 Å². The van der Waals surface area contributed by atoms with Crippen LogP contribution in [0.1, 0.15) is 32.6 Å². The third kappa shape index (κ3) is 4.51. The highest BCUT2D eigenvalue weighted by molar-refractivity contribution is 5.77. The quantitative estimate of drug-likeness (QED) is 0.535. The van der Waals surface area contributed by atoms with Crippen LogP contribution in [0.5, 0.6) is 0 Å². The van der Waals surface area contributed by atoms with Crippen LogP contribution in [-0.2, 0) is 0 Å². The minimum absolute atomic E-state index is 0.584. The molecule has 1 heterocycles. The Morgan fingerprint density at radius 1 is 1.53 bits per heavy atom. The van der Waals surface area contributed by atoms with Crippen LogP contribution in [0.3, 0.4) is 0 Å². The average Bonchev–Trinajstić information content (AvgIpc) is 2.25. The highest BCUT2D eigenvalue weighted by Crippen LogP contribution is 2.14. The van der Waals surface area contributed by atoms with E-state index in [1.54, 1.807) is 0 Å². The molecule has 0 bridgehead atoms. The van der Waals surface area contributed by atoms with Gasteiger partial charge in [0, 0.05) is 12.6 Å². The van der Waals surface area contributed by atoms with Gasteiger partial charge in [0.1, 0.15) is 0 Å². The highest BCUT2D eigenvalue weighted by Gasteiger charge is 2.17. The molecule has 0 saturated carbocycles. The maximum absolute atomic E-state index is 5.74. The standard InChI is InChI=1S/C11H24N4/c1-3-7-13-11(12)14-9-10-6-4-5-8-15(10)2/h10H,3-9H2,1-2H3,(H3,12,13,14). The summed E-state index contributed by atoms with van der Waals surface area (Å²) in [7, 11) is 2.18. The number of likely N-dealkylation sites (N-methyl/N-ethyl adjacent to an activating group) is 1. The molecule has 4 nitrogen and oxygen atoms in total. The number of nitrogens with one attached hydrogen (secondary N) is 1. The van der Waals surface area contributed by atoms with Gasteiger partial charge in [0.2, 0.25) is 0 Å². The SMILES string of the molecule is CCCNC(N)=NCC1CCCCN1C. The fraction of sp³-hybridized carbons (Fsp3) is 0.909. The first kappa shape index (κ1) is 12.3. The third-order valence-electron chi connectivity index (χ3n) is 2.95. The van der Waals surface area contributed by atoms with Crippen LogP contribution >= 0.6 is 0 Å². The van der Waals surface area contributed by atoms with Crippen molar-refractivity contribution in [3.63, 3.8) is 0 Å². The van der Waals surface area contributed by atoms with E-state index in [-0.39, 0.29) is 0 Å². The summed E-state index contributed by atoms with van der Waals surface area (Å²) in [5.74, 6) is 0.593. The molecule has 1 fully saturated rings. The molecular formula is C11H24N4. The number of piperidine rings is 1. The van der Waals surface area contributed by atoms with E-state index >= 15 is 0 Å². The Balaban J connectivity index is 2.27. The van der Waals surface area contributed by atoms with Gasteiger partial charge in [0.05, 0.1) is 6.54 Å². The molecule has 88 valence electrons. The second kappa shape index (κ2) is 6.67. The largest absolute Gasteiger partial charge is 0.370 e. The van der Waals surface area contributed by atoms with Crippen molar-refractivity contribution >= 4 is 5.96 Å². The zero-order valence-electron chi connectivity index (χ0n) is 10.00. The van der Waals surface area contributed by atoms with Gasteiger partial charge in [-0.2, -0.15) is 0 Å². The van der Waals surface area contributed by atoms with Crippen LogP contribution < -0.4 is 11.1 Å². The minimum atomic E-state index is 0.584. The predicted octanol–water partition coefficient (Wildman–Crippen LogP) is 0.785. The Hall–Kier alpha value is -0.770. The summed E-state index contributed by atoms with van der Waals surface area (Å²) in [4.78, 5) is 6.77. The van der Waals surface area contributed by atoms with Crippen LogP contribution in [0.15, 0.2) is 4.99 Å².